The van der Waals surface area contributed by atoms with Gasteiger partial charge in [0, 0.05) is 0 Å². The van der Waals surface area contributed by atoms with Crippen molar-refractivity contribution in [2.24, 2.45) is 41.4 Å². The molecule has 7 unspecified atom stereocenters. The third kappa shape index (κ3) is 1.78. The van der Waals surface area contributed by atoms with Gasteiger partial charge >= 0.3 is 0 Å². The first-order valence-electron chi connectivity index (χ1n) is 8.29. The van der Waals surface area contributed by atoms with Crippen molar-refractivity contribution in [2.75, 3.05) is 0 Å². The summed E-state index contributed by atoms with van der Waals surface area (Å²) in [5.74, 6) is 7.90. The molecule has 0 heterocycles. The first-order valence-corrected chi connectivity index (χ1v) is 8.29. The molecule has 7 atom stereocenters. The van der Waals surface area contributed by atoms with Gasteiger partial charge in [-0.05, 0) is 86.4 Å². The van der Waals surface area contributed by atoms with E-state index in [1.54, 1.807) is 57.8 Å². The molecule has 0 spiro atoms. The second kappa shape index (κ2) is 4.00. The van der Waals surface area contributed by atoms with E-state index in [2.05, 4.69) is 6.92 Å². The summed E-state index contributed by atoms with van der Waals surface area (Å²) >= 11 is 0. The molecule has 0 nitrogen and oxygen atoms in total. The van der Waals surface area contributed by atoms with Crippen LogP contribution in [0.3, 0.4) is 0 Å². The van der Waals surface area contributed by atoms with Crippen molar-refractivity contribution in [1.29, 1.82) is 0 Å². The molecule has 0 radical (unpaired) electrons. The third-order valence-electron chi connectivity index (χ3n) is 7.20. The van der Waals surface area contributed by atoms with Crippen molar-refractivity contribution in [2.45, 2.75) is 64.7 Å². The van der Waals surface area contributed by atoms with Crippen LogP contribution in [-0.4, -0.2) is 0 Å². The summed E-state index contributed by atoms with van der Waals surface area (Å²) in [5.41, 5.74) is 0. The molecular weight excluding hydrogens is 204 g/mol. The summed E-state index contributed by atoms with van der Waals surface area (Å²) in [6, 6.07) is 0. The van der Waals surface area contributed by atoms with E-state index in [0.29, 0.717) is 0 Å². The van der Waals surface area contributed by atoms with Crippen LogP contribution in [0, 0.1) is 41.4 Å². The maximum atomic E-state index is 2.59. The van der Waals surface area contributed by atoms with Gasteiger partial charge in [0.05, 0.1) is 0 Å². The molecule has 4 rings (SSSR count). The molecule has 4 saturated carbocycles. The summed E-state index contributed by atoms with van der Waals surface area (Å²) in [4.78, 5) is 0. The Morgan fingerprint density at radius 1 is 0.706 bits per heavy atom. The number of hydrogen-bond acceptors (Lipinski definition) is 0. The van der Waals surface area contributed by atoms with Gasteiger partial charge in [-0.25, -0.2) is 0 Å². The fraction of sp³-hybridized carbons (Fsp3) is 1.00. The first-order chi connectivity index (χ1) is 8.29. The van der Waals surface area contributed by atoms with E-state index in [9.17, 15) is 0 Å². The zero-order chi connectivity index (χ0) is 11.4. The number of hydrogen-bond donors (Lipinski definition) is 0. The van der Waals surface area contributed by atoms with Crippen LogP contribution in [0.25, 0.3) is 0 Å². The minimum Gasteiger partial charge on any atom is -0.0620 e. The van der Waals surface area contributed by atoms with Crippen LogP contribution in [0.2, 0.25) is 0 Å². The zero-order valence-corrected chi connectivity index (χ0v) is 11.4. The second-order valence-corrected chi connectivity index (χ2v) is 7.96. The molecule has 4 aliphatic rings. The van der Waals surface area contributed by atoms with Crippen molar-refractivity contribution in [3.05, 3.63) is 0 Å². The summed E-state index contributed by atoms with van der Waals surface area (Å²) in [6.07, 6.45) is 14.3. The Hall–Kier alpha value is 0. The minimum atomic E-state index is 1.06. The van der Waals surface area contributed by atoms with Crippen molar-refractivity contribution >= 4 is 0 Å². The van der Waals surface area contributed by atoms with Crippen molar-refractivity contribution in [3.63, 3.8) is 0 Å². The van der Waals surface area contributed by atoms with E-state index in [1.165, 1.54) is 0 Å². The van der Waals surface area contributed by atoms with Gasteiger partial charge in [0.1, 0.15) is 0 Å². The Balaban J connectivity index is 1.42. The Kier molecular flexibility index (Phi) is 2.56. The van der Waals surface area contributed by atoms with Gasteiger partial charge in [0.15, 0.2) is 0 Å². The summed E-state index contributed by atoms with van der Waals surface area (Å²) in [6.45, 7) is 2.59. The Morgan fingerprint density at radius 2 is 1.35 bits per heavy atom. The predicted molar refractivity (Wildman–Crippen MR) is 71.7 cm³/mol. The average Bonchev–Trinajstić information content (AvgIpc) is 3.00. The molecule has 4 fully saturated rings. The average molecular weight is 232 g/mol. The lowest BCUT2D eigenvalue weighted by molar-refractivity contribution is 0.127. The van der Waals surface area contributed by atoms with Crippen molar-refractivity contribution < 1.29 is 0 Å². The zero-order valence-electron chi connectivity index (χ0n) is 11.4. The second-order valence-electron chi connectivity index (χ2n) is 7.96. The molecule has 0 N–H and O–H groups in total. The fourth-order valence-corrected chi connectivity index (χ4v) is 6.20. The normalized spacial score (nSPS) is 56.6. The summed E-state index contributed by atoms with van der Waals surface area (Å²) in [5, 5.41) is 0. The van der Waals surface area contributed by atoms with E-state index in [1.807, 2.05) is 0 Å². The fourth-order valence-electron chi connectivity index (χ4n) is 6.20. The van der Waals surface area contributed by atoms with E-state index >= 15 is 0 Å². The molecule has 0 aliphatic heterocycles. The molecule has 0 saturated heterocycles. The lowest BCUT2D eigenvalue weighted by atomic mass is 9.68. The third-order valence-corrected chi connectivity index (χ3v) is 7.20. The van der Waals surface area contributed by atoms with E-state index in [-0.39, 0.29) is 0 Å². The van der Waals surface area contributed by atoms with E-state index < -0.39 is 0 Å². The highest BCUT2D eigenvalue weighted by atomic mass is 14.5. The molecule has 0 amide bonds. The predicted octanol–water partition coefficient (Wildman–Crippen LogP) is 4.89. The quantitative estimate of drug-likeness (QED) is 0.636. The summed E-state index contributed by atoms with van der Waals surface area (Å²) < 4.78 is 0. The van der Waals surface area contributed by atoms with Gasteiger partial charge in [-0.15, -0.1) is 0 Å². The Bertz CT molecular complexity index is 294. The van der Waals surface area contributed by atoms with Crippen molar-refractivity contribution in [3.8, 4) is 0 Å². The van der Waals surface area contributed by atoms with Crippen LogP contribution in [0.1, 0.15) is 64.7 Å². The maximum absolute atomic E-state index is 2.59. The van der Waals surface area contributed by atoms with Gasteiger partial charge in [0.2, 0.25) is 0 Å². The van der Waals surface area contributed by atoms with E-state index in [0.717, 1.165) is 41.4 Å². The van der Waals surface area contributed by atoms with Gasteiger partial charge in [-0.2, -0.15) is 0 Å². The molecule has 0 aromatic heterocycles. The first kappa shape index (κ1) is 10.9. The highest BCUT2D eigenvalue weighted by Crippen LogP contribution is 2.55. The molecular formula is C17H28. The van der Waals surface area contributed by atoms with Gasteiger partial charge in [0.25, 0.3) is 0 Å². The highest BCUT2D eigenvalue weighted by Gasteiger charge is 2.44. The topological polar surface area (TPSA) is 0 Å². The van der Waals surface area contributed by atoms with Gasteiger partial charge in [-0.1, -0.05) is 19.8 Å². The van der Waals surface area contributed by atoms with Gasteiger partial charge in [-0.3, -0.25) is 0 Å². The SMILES string of the molecule is CC1C2CCC(C2)CC1CC1CC2CCC1C2. The van der Waals surface area contributed by atoms with E-state index in [4.69, 9.17) is 0 Å². The van der Waals surface area contributed by atoms with Crippen LogP contribution in [-0.2, 0) is 0 Å². The number of fused-ring (bicyclic) bond motifs is 4. The van der Waals surface area contributed by atoms with Crippen LogP contribution in [0.4, 0.5) is 0 Å². The monoisotopic (exact) mass is 232 g/mol. The van der Waals surface area contributed by atoms with Crippen LogP contribution >= 0.6 is 0 Å². The van der Waals surface area contributed by atoms with Crippen molar-refractivity contribution in [1.82, 2.24) is 0 Å². The highest BCUT2D eigenvalue weighted by molar-refractivity contribution is 4.95. The maximum Gasteiger partial charge on any atom is -0.0380 e. The smallest absolute Gasteiger partial charge is 0.0380 e. The molecule has 4 aliphatic carbocycles. The molecule has 4 bridgehead atoms. The number of rotatable bonds is 2. The molecule has 0 aromatic rings. The van der Waals surface area contributed by atoms with Crippen LogP contribution in [0.5, 0.6) is 0 Å². The minimum absolute atomic E-state index is 1.06. The molecule has 0 heteroatoms. The largest absolute Gasteiger partial charge is 0.0620 e. The van der Waals surface area contributed by atoms with Gasteiger partial charge < -0.3 is 0 Å². The Morgan fingerprint density at radius 3 is 2.06 bits per heavy atom. The van der Waals surface area contributed by atoms with Crippen LogP contribution in [0.15, 0.2) is 0 Å². The molecule has 96 valence electrons. The lowest BCUT2D eigenvalue weighted by Gasteiger charge is -2.37. The molecule has 0 aromatic carbocycles. The summed E-state index contributed by atoms with van der Waals surface area (Å²) in [7, 11) is 0. The lowest BCUT2D eigenvalue weighted by Crippen LogP contribution is -2.28. The molecule has 17 heavy (non-hydrogen) atoms. The standard InChI is InChI=1S/C17H28/c1-11-14-4-2-12(6-14)8-16(11)10-17-9-13-3-5-15(17)7-13/h11-17H,2-10H2,1H3. The Labute approximate surface area is 107 Å². The van der Waals surface area contributed by atoms with Crippen LogP contribution < -0.4 is 0 Å².